The van der Waals surface area contributed by atoms with E-state index in [9.17, 15) is 9.59 Å². The molecule has 0 fully saturated rings. The SMILES string of the molecule is CCC(C)NC(=O)COc1ccc(C(C)=O)cc1Cl. The Kier molecular flexibility index (Phi) is 5.83. The van der Waals surface area contributed by atoms with Gasteiger partial charge in [-0.2, -0.15) is 0 Å². The average molecular weight is 284 g/mol. The predicted molar refractivity (Wildman–Crippen MR) is 74.8 cm³/mol. The molecule has 1 rings (SSSR count). The van der Waals surface area contributed by atoms with Gasteiger partial charge in [-0.05, 0) is 38.5 Å². The van der Waals surface area contributed by atoms with Gasteiger partial charge in [-0.1, -0.05) is 18.5 Å². The van der Waals surface area contributed by atoms with Gasteiger partial charge in [0.05, 0.1) is 5.02 Å². The summed E-state index contributed by atoms with van der Waals surface area (Å²) in [5.74, 6) is 0.134. The van der Waals surface area contributed by atoms with Crippen LogP contribution in [0.15, 0.2) is 18.2 Å². The number of carbonyl (C=O) groups is 2. The van der Waals surface area contributed by atoms with Crippen molar-refractivity contribution < 1.29 is 14.3 Å². The third-order valence-electron chi connectivity index (χ3n) is 2.72. The zero-order valence-corrected chi connectivity index (χ0v) is 12.1. The topological polar surface area (TPSA) is 55.4 Å². The minimum absolute atomic E-state index is 0.0667. The summed E-state index contributed by atoms with van der Waals surface area (Å²) in [6.45, 7) is 5.28. The smallest absolute Gasteiger partial charge is 0.258 e. The van der Waals surface area contributed by atoms with E-state index in [1.807, 2.05) is 13.8 Å². The van der Waals surface area contributed by atoms with Gasteiger partial charge >= 0.3 is 0 Å². The van der Waals surface area contributed by atoms with Gasteiger partial charge in [-0.3, -0.25) is 9.59 Å². The highest BCUT2D eigenvalue weighted by Crippen LogP contribution is 2.25. The Balaban J connectivity index is 2.59. The minimum Gasteiger partial charge on any atom is -0.482 e. The lowest BCUT2D eigenvalue weighted by Gasteiger charge is -2.12. The second kappa shape index (κ2) is 7.14. The van der Waals surface area contributed by atoms with Crippen molar-refractivity contribution in [3.8, 4) is 5.75 Å². The average Bonchev–Trinajstić information content (AvgIpc) is 2.36. The molecule has 0 heterocycles. The van der Waals surface area contributed by atoms with Crippen molar-refractivity contribution in [2.75, 3.05) is 6.61 Å². The molecular weight excluding hydrogens is 266 g/mol. The highest BCUT2D eigenvalue weighted by molar-refractivity contribution is 6.32. The number of ketones is 1. The number of halogens is 1. The normalized spacial score (nSPS) is 11.8. The van der Waals surface area contributed by atoms with E-state index in [0.29, 0.717) is 16.3 Å². The monoisotopic (exact) mass is 283 g/mol. The number of nitrogens with one attached hydrogen (secondary N) is 1. The Labute approximate surface area is 118 Å². The van der Waals surface area contributed by atoms with E-state index in [1.54, 1.807) is 12.1 Å². The summed E-state index contributed by atoms with van der Waals surface area (Å²) in [5, 5.41) is 3.11. The lowest BCUT2D eigenvalue weighted by molar-refractivity contribution is -0.123. The first kappa shape index (κ1) is 15.5. The Morgan fingerprint density at radius 1 is 1.42 bits per heavy atom. The maximum absolute atomic E-state index is 11.5. The van der Waals surface area contributed by atoms with Gasteiger partial charge in [-0.15, -0.1) is 0 Å². The molecule has 0 saturated heterocycles. The van der Waals surface area contributed by atoms with Gasteiger partial charge in [0.25, 0.3) is 5.91 Å². The number of carbonyl (C=O) groups excluding carboxylic acids is 2. The van der Waals surface area contributed by atoms with Crippen LogP contribution in [0.3, 0.4) is 0 Å². The Morgan fingerprint density at radius 2 is 2.11 bits per heavy atom. The number of hydrogen-bond acceptors (Lipinski definition) is 3. The minimum atomic E-state index is -0.193. The molecule has 0 aliphatic carbocycles. The van der Waals surface area contributed by atoms with Crippen LogP contribution in [0.5, 0.6) is 5.75 Å². The van der Waals surface area contributed by atoms with Crippen molar-refractivity contribution in [3.05, 3.63) is 28.8 Å². The van der Waals surface area contributed by atoms with Crippen LogP contribution in [0.4, 0.5) is 0 Å². The van der Waals surface area contributed by atoms with Crippen LogP contribution in [0.1, 0.15) is 37.6 Å². The number of rotatable bonds is 6. The molecule has 0 aliphatic rings. The summed E-state index contributed by atoms with van der Waals surface area (Å²) in [7, 11) is 0. The summed E-state index contributed by atoms with van der Waals surface area (Å²) in [6, 6.07) is 4.86. The van der Waals surface area contributed by atoms with E-state index in [0.717, 1.165) is 6.42 Å². The first-order valence-corrected chi connectivity index (χ1v) is 6.54. The van der Waals surface area contributed by atoms with Crippen LogP contribution in [0.2, 0.25) is 5.02 Å². The van der Waals surface area contributed by atoms with E-state index in [2.05, 4.69) is 5.32 Å². The second-order valence-electron chi connectivity index (χ2n) is 4.37. The van der Waals surface area contributed by atoms with Gasteiger partial charge in [-0.25, -0.2) is 0 Å². The van der Waals surface area contributed by atoms with Gasteiger partial charge in [0.2, 0.25) is 0 Å². The lowest BCUT2D eigenvalue weighted by Crippen LogP contribution is -2.35. The molecule has 1 unspecified atom stereocenters. The molecule has 0 saturated carbocycles. The Morgan fingerprint density at radius 3 is 2.63 bits per heavy atom. The number of hydrogen-bond donors (Lipinski definition) is 1. The van der Waals surface area contributed by atoms with Crippen LogP contribution in [0.25, 0.3) is 0 Å². The van der Waals surface area contributed by atoms with E-state index < -0.39 is 0 Å². The number of Topliss-reactive ketones (excluding diaryl/α,β-unsaturated/α-hetero) is 1. The standard InChI is InChI=1S/C14H18ClNO3/c1-4-9(2)16-14(18)8-19-13-6-5-11(10(3)17)7-12(13)15/h5-7,9H,4,8H2,1-3H3,(H,16,18). The zero-order valence-electron chi connectivity index (χ0n) is 11.3. The van der Waals surface area contributed by atoms with Crippen LogP contribution < -0.4 is 10.1 Å². The summed E-state index contributed by atoms with van der Waals surface area (Å²) in [4.78, 5) is 22.7. The number of amides is 1. The van der Waals surface area contributed by atoms with Crippen LogP contribution in [0, 0.1) is 0 Å². The Hall–Kier alpha value is -1.55. The summed E-state index contributed by atoms with van der Waals surface area (Å²) >= 11 is 5.98. The molecule has 1 atom stereocenters. The molecule has 1 N–H and O–H groups in total. The van der Waals surface area contributed by atoms with Crippen molar-refractivity contribution in [1.82, 2.24) is 5.32 Å². The van der Waals surface area contributed by atoms with Crippen molar-refractivity contribution >= 4 is 23.3 Å². The lowest BCUT2D eigenvalue weighted by atomic mass is 10.1. The van der Waals surface area contributed by atoms with E-state index >= 15 is 0 Å². The van der Waals surface area contributed by atoms with Crippen molar-refractivity contribution in [3.63, 3.8) is 0 Å². The van der Waals surface area contributed by atoms with Gasteiger partial charge in [0.1, 0.15) is 5.75 Å². The van der Waals surface area contributed by atoms with Gasteiger partial charge in [0, 0.05) is 11.6 Å². The van der Waals surface area contributed by atoms with Crippen LogP contribution >= 0.6 is 11.6 Å². The molecule has 1 aromatic carbocycles. The van der Waals surface area contributed by atoms with Crippen molar-refractivity contribution in [2.45, 2.75) is 33.2 Å². The molecule has 0 aliphatic heterocycles. The maximum Gasteiger partial charge on any atom is 0.258 e. The largest absolute Gasteiger partial charge is 0.482 e. The molecule has 0 bridgehead atoms. The second-order valence-corrected chi connectivity index (χ2v) is 4.77. The molecule has 0 spiro atoms. The molecule has 104 valence electrons. The van der Waals surface area contributed by atoms with Crippen molar-refractivity contribution in [1.29, 1.82) is 0 Å². The molecular formula is C14H18ClNO3. The molecule has 1 aromatic rings. The quantitative estimate of drug-likeness (QED) is 0.817. The third-order valence-corrected chi connectivity index (χ3v) is 3.01. The van der Waals surface area contributed by atoms with E-state index in [-0.39, 0.29) is 24.3 Å². The van der Waals surface area contributed by atoms with Crippen LogP contribution in [-0.2, 0) is 4.79 Å². The summed E-state index contributed by atoms with van der Waals surface area (Å²) < 4.78 is 5.32. The van der Waals surface area contributed by atoms with Gasteiger partial charge in [0.15, 0.2) is 12.4 Å². The molecule has 1 amide bonds. The number of benzene rings is 1. The van der Waals surface area contributed by atoms with Gasteiger partial charge < -0.3 is 10.1 Å². The summed E-state index contributed by atoms with van der Waals surface area (Å²) in [5.41, 5.74) is 0.515. The molecule has 5 heteroatoms. The maximum atomic E-state index is 11.5. The molecule has 0 aromatic heterocycles. The third kappa shape index (κ3) is 4.91. The summed E-state index contributed by atoms with van der Waals surface area (Å²) in [6.07, 6.45) is 0.861. The van der Waals surface area contributed by atoms with E-state index in [4.69, 9.17) is 16.3 Å². The zero-order chi connectivity index (χ0) is 14.4. The fraction of sp³-hybridized carbons (Fsp3) is 0.429. The van der Waals surface area contributed by atoms with Crippen molar-refractivity contribution in [2.24, 2.45) is 0 Å². The molecule has 19 heavy (non-hydrogen) atoms. The van der Waals surface area contributed by atoms with Crippen LogP contribution in [-0.4, -0.2) is 24.3 Å². The Bertz CT molecular complexity index is 474. The highest BCUT2D eigenvalue weighted by atomic mass is 35.5. The first-order valence-electron chi connectivity index (χ1n) is 6.16. The fourth-order valence-corrected chi connectivity index (χ4v) is 1.63. The molecule has 4 nitrogen and oxygen atoms in total. The fourth-order valence-electron chi connectivity index (χ4n) is 1.40. The molecule has 0 radical (unpaired) electrons. The predicted octanol–water partition coefficient (Wildman–Crippen LogP) is 2.84. The highest BCUT2D eigenvalue weighted by Gasteiger charge is 2.09. The van der Waals surface area contributed by atoms with E-state index in [1.165, 1.54) is 13.0 Å². The first-order chi connectivity index (χ1) is 8.93. The number of ether oxygens (including phenoxy) is 1.